The van der Waals surface area contributed by atoms with Crippen LogP contribution in [0.5, 0.6) is 0 Å². The smallest absolute Gasteiger partial charge is 0.407 e. The average molecular weight is 495 g/mol. The van der Waals surface area contributed by atoms with Crippen molar-refractivity contribution in [3.05, 3.63) is 20.7 Å². The quantitative estimate of drug-likeness (QED) is 0.383. The molecule has 132 valence electrons. The van der Waals surface area contributed by atoms with Crippen molar-refractivity contribution in [3.63, 3.8) is 0 Å². The number of hydrogen-bond acceptors (Lipinski definition) is 5. The highest BCUT2D eigenvalue weighted by atomic mass is 127. The predicted molar refractivity (Wildman–Crippen MR) is 103 cm³/mol. The molecule has 6 nitrogen and oxygen atoms in total. The first-order valence-electron chi connectivity index (χ1n) is 7.55. The van der Waals surface area contributed by atoms with E-state index in [1.54, 1.807) is 0 Å². The molecule has 5 rings (SSSR count). The van der Waals surface area contributed by atoms with Gasteiger partial charge in [-0.3, -0.25) is 0 Å². The summed E-state index contributed by atoms with van der Waals surface area (Å²) in [5.41, 5.74) is 0.916. The minimum absolute atomic E-state index is 0.0173. The molecule has 3 aliphatic rings. The molecule has 1 saturated carbocycles. The lowest BCUT2D eigenvalue weighted by Gasteiger charge is -2.37. The summed E-state index contributed by atoms with van der Waals surface area (Å²) >= 11 is 9.40. The van der Waals surface area contributed by atoms with Crippen molar-refractivity contribution in [2.75, 3.05) is 18.1 Å². The lowest BCUT2D eigenvalue weighted by atomic mass is 9.80. The molecule has 2 saturated heterocycles. The van der Waals surface area contributed by atoms with Gasteiger partial charge < -0.3 is 15.3 Å². The summed E-state index contributed by atoms with van der Waals surface area (Å²) in [6.45, 7) is 0.533. The van der Waals surface area contributed by atoms with Crippen molar-refractivity contribution in [2.45, 2.75) is 23.5 Å². The Hall–Kier alpha value is -1.07. The molecule has 2 N–H and O–H groups in total. The molecule has 3 atom stereocenters. The first kappa shape index (κ1) is 17.3. The van der Waals surface area contributed by atoms with Gasteiger partial charge in [-0.1, -0.05) is 11.6 Å². The van der Waals surface area contributed by atoms with Crippen LogP contribution in [0, 0.1) is 15.3 Å². The molecule has 0 unspecified atom stereocenters. The van der Waals surface area contributed by atoms with Gasteiger partial charge in [-0.2, -0.15) is 0 Å². The summed E-state index contributed by atoms with van der Waals surface area (Å²) in [6, 6.07) is -0.0342. The highest BCUT2D eigenvalue weighted by Gasteiger charge is 2.54. The number of rotatable bonds is 3. The van der Waals surface area contributed by atoms with Crippen molar-refractivity contribution in [1.29, 1.82) is 0 Å². The van der Waals surface area contributed by atoms with Gasteiger partial charge in [0.15, 0.2) is 11.0 Å². The van der Waals surface area contributed by atoms with Crippen LogP contribution in [0.3, 0.4) is 0 Å². The van der Waals surface area contributed by atoms with Gasteiger partial charge in [-0.25, -0.2) is 19.2 Å². The Balaban J connectivity index is 1.78. The second-order valence-corrected chi connectivity index (χ2v) is 8.34. The van der Waals surface area contributed by atoms with Crippen LogP contribution < -0.4 is 5.32 Å². The summed E-state index contributed by atoms with van der Waals surface area (Å²) in [5, 5.41) is 13.8. The van der Waals surface area contributed by atoms with Crippen LogP contribution in [0.1, 0.15) is 6.42 Å². The molecule has 4 heterocycles. The molecule has 2 aromatic heterocycles. The van der Waals surface area contributed by atoms with Gasteiger partial charge in [0.2, 0.25) is 0 Å². The standard InChI is InChI=1S/C15H13ClFIN4O2S/c1-25-14-9(18)12(6-3-19-13(16)8(17)11(6)21-14)20-10-5-2-7(10)22(4-5)15(23)24/h3,5,7,10H,2,4H2,1H3,(H,20,21)(H,23,24)/t5-,7-,10+/m1/s1. The number of amides is 1. The topological polar surface area (TPSA) is 78.4 Å². The zero-order valence-electron chi connectivity index (χ0n) is 13.0. The fraction of sp³-hybridized carbons (Fsp3) is 0.400. The third kappa shape index (κ3) is 2.62. The summed E-state index contributed by atoms with van der Waals surface area (Å²) in [5.74, 6) is -0.374. The predicted octanol–water partition coefficient (Wildman–Crippen LogP) is 3.91. The van der Waals surface area contributed by atoms with E-state index in [1.165, 1.54) is 22.9 Å². The van der Waals surface area contributed by atoms with Crippen molar-refractivity contribution in [2.24, 2.45) is 5.92 Å². The van der Waals surface area contributed by atoms with Gasteiger partial charge in [0.05, 0.1) is 21.3 Å². The van der Waals surface area contributed by atoms with E-state index in [0.29, 0.717) is 17.0 Å². The van der Waals surface area contributed by atoms with Crippen LogP contribution in [-0.2, 0) is 0 Å². The highest BCUT2D eigenvalue weighted by Crippen LogP contribution is 2.45. The maximum atomic E-state index is 14.4. The average Bonchev–Trinajstić information content (AvgIpc) is 3.17. The number of carboxylic acid groups (broad SMARTS) is 1. The maximum absolute atomic E-state index is 14.4. The van der Waals surface area contributed by atoms with Crippen molar-refractivity contribution < 1.29 is 14.3 Å². The molecular weight excluding hydrogens is 482 g/mol. The van der Waals surface area contributed by atoms with Crippen LogP contribution >= 0.6 is 46.0 Å². The summed E-state index contributed by atoms with van der Waals surface area (Å²) in [6.07, 6.45) is 3.35. The number of nitrogens with one attached hydrogen (secondary N) is 1. The number of pyridine rings is 2. The molecule has 25 heavy (non-hydrogen) atoms. The highest BCUT2D eigenvalue weighted by molar-refractivity contribution is 14.1. The third-order valence-corrected chi connectivity index (χ3v) is 7.25. The monoisotopic (exact) mass is 494 g/mol. The molecular formula is C15H13ClFIN4O2S. The molecule has 1 aliphatic carbocycles. The van der Waals surface area contributed by atoms with Crippen LogP contribution in [0.4, 0.5) is 14.9 Å². The Morgan fingerprint density at radius 3 is 3.00 bits per heavy atom. The minimum Gasteiger partial charge on any atom is -0.465 e. The number of anilines is 1. The summed E-state index contributed by atoms with van der Waals surface area (Å²) < 4.78 is 15.3. The van der Waals surface area contributed by atoms with Crippen molar-refractivity contribution in [1.82, 2.24) is 14.9 Å². The zero-order valence-corrected chi connectivity index (χ0v) is 16.7. The molecule has 0 spiro atoms. The largest absolute Gasteiger partial charge is 0.465 e. The number of carbonyl (C=O) groups is 1. The normalized spacial score (nSPS) is 24.5. The van der Waals surface area contributed by atoms with Crippen molar-refractivity contribution >= 4 is 68.6 Å². The molecule has 3 fully saturated rings. The van der Waals surface area contributed by atoms with E-state index in [9.17, 15) is 14.3 Å². The second-order valence-electron chi connectivity index (χ2n) is 6.10. The Bertz CT molecular complexity index is 902. The Labute approximate surface area is 165 Å². The van der Waals surface area contributed by atoms with Crippen LogP contribution in [0.25, 0.3) is 10.9 Å². The fourth-order valence-corrected chi connectivity index (χ4v) is 5.45. The number of thioether (sulfide) groups is 1. The van der Waals surface area contributed by atoms with Crippen LogP contribution in [-0.4, -0.2) is 51.0 Å². The van der Waals surface area contributed by atoms with Gasteiger partial charge in [-0.05, 0) is 35.3 Å². The number of fused-ring (bicyclic) bond motifs is 2. The van der Waals surface area contributed by atoms with Gasteiger partial charge in [0.25, 0.3) is 0 Å². The first-order valence-corrected chi connectivity index (χ1v) is 10.2. The molecule has 2 aromatic rings. The molecule has 2 bridgehead atoms. The van der Waals surface area contributed by atoms with E-state index in [2.05, 4.69) is 37.9 Å². The molecule has 10 heteroatoms. The van der Waals surface area contributed by atoms with Crippen molar-refractivity contribution in [3.8, 4) is 0 Å². The lowest BCUT2D eigenvalue weighted by molar-refractivity contribution is 0.140. The number of hydrogen-bond donors (Lipinski definition) is 2. The lowest BCUT2D eigenvalue weighted by Crippen LogP contribution is -2.49. The summed E-state index contributed by atoms with van der Waals surface area (Å²) in [7, 11) is 0. The van der Waals surface area contributed by atoms with Gasteiger partial charge in [0.1, 0.15) is 10.5 Å². The first-order chi connectivity index (χ1) is 11.9. The minimum atomic E-state index is -0.893. The van der Waals surface area contributed by atoms with E-state index in [-0.39, 0.29) is 28.7 Å². The van der Waals surface area contributed by atoms with Gasteiger partial charge in [-0.15, -0.1) is 11.8 Å². The van der Waals surface area contributed by atoms with E-state index in [4.69, 9.17) is 11.6 Å². The van der Waals surface area contributed by atoms with E-state index < -0.39 is 11.9 Å². The molecule has 0 aromatic carbocycles. The van der Waals surface area contributed by atoms with E-state index in [1.807, 2.05) is 6.26 Å². The number of nitrogens with zero attached hydrogens (tertiary/aromatic N) is 3. The van der Waals surface area contributed by atoms with Crippen LogP contribution in [0.15, 0.2) is 11.2 Å². The van der Waals surface area contributed by atoms with Crippen LogP contribution in [0.2, 0.25) is 5.15 Å². The fourth-order valence-electron chi connectivity index (χ4n) is 3.62. The second kappa shape index (κ2) is 6.27. The Morgan fingerprint density at radius 2 is 2.36 bits per heavy atom. The molecule has 1 amide bonds. The number of halogens is 3. The summed E-state index contributed by atoms with van der Waals surface area (Å²) in [4.78, 5) is 21.1. The third-order valence-electron chi connectivity index (χ3n) is 4.89. The molecule has 0 radical (unpaired) electrons. The van der Waals surface area contributed by atoms with Gasteiger partial charge >= 0.3 is 6.09 Å². The molecule has 2 aliphatic heterocycles. The maximum Gasteiger partial charge on any atom is 0.407 e. The zero-order chi connectivity index (χ0) is 17.9. The van der Waals surface area contributed by atoms with E-state index >= 15 is 0 Å². The van der Waals surface area contributed by atoms with E-state index in [0.717, 1.165) is 15.7 Å². The van der Waals surface area contributed by atoms with Gasteiger partial charge in [0, 0.05) is 24.0 Å². The Kier molecular flexibility index (Phi) is 4.35. The SMILES string of the molecule is CSc1nc2c(F)c(Cl)ncc2c(N[C@H]2[C@@H]3C[C@H]2N(C(=O)O)C3)c1I. The Morgan fingerprint density at radius 1 is 1.60 bits per heavy atom. The number of aromatic nitrogens is 2.